The molecule has 0 amide bonds. The van der Waals surface area contributed by atoms with Gasteiger partial charge in [-0.05, 0) is 46.5 Å². The second-order valence-electron chi connectivity index (χ2n) is 4.31. The average Bonchev–Trinajstić information content (AvgIpc) is 2.81. The molecule has 0 atom stereocenters. The van der Waals surface area contributed by atoms with E-state index in [-0.39, 0.29) is 0 Å². The van der Waals surface area contributed by atoms with E-state index in [1.807, 2.05) is 0 Å². The van der Waals surface area contributed by atoms with Crippen molar-refractivity contribution in [3.05, 3.63) is 51.7 Å². The summed E-state index contributed by atoms with van der Waals surface area (Å²) in [4.78, 5) is 2.28. The van der Waals surface area contributed by atoms with Crippen molar-refractivity contribution >= 4 is 17.0 Å². The fourth-order valence-corrected chi connectivity index (χ4v) is 2.67. The van der Waals surface area contributed by atoms with Gasteiger partial charge in [0.05, 0.1) is 0 Å². The second-order valence-corrected chi connectivity index (χ2v) is 5.09. The van der Waals surface area contributed by atoms with Crippen LogP contribution in [0.15, 0.2) is 35.0 Å². The monoisotopic (exact) mass is 246 g/mol. The molecular weight excluding hydrogens is 228 g/mol. The van der Waals surface area contributed by atoms with Crippen LogP contribution < -0.4 is 10.6 Å². The van der Waals surface area contributed by atoms with Gasteiger partial charge in [-0.2, -0.15) is 11.3 Å². The van der Waals surface area contributed by atoms with E-state index < -0.39 is 0 Å². The van der Waals surface area contributed by atoms with E-state index in [4.69, 9.17) is 5.73 Å². The van der Waals surface area contributed by atoms with Gasteiger partial charge in [-0.3, -0.25) is 0 Å². The van der Waals surface area contributed by atoms with Gasteiger partial charge in [0.25, 0.3) is 0 Å². The lowest BCUT2D eigenvalue weighted by atomic mass is 10.1. The normalized spacial score (nSPS) is 10.5. The third kappa shape index (κ3) is 2.87. The minimum Gasteiger partial charge on any atom is -0.370 e. The van der Waals surface area contributed by atoms with E-state index in [1.54, 1.807) is 11.3 Å². The molecule has 3 heteroatoms. The highest BCUT2D eigenvalue weighted by Gasteiger charge is 2.06. The van der Waals surface area contributed by atoms with Crippen molar-refractivity contribution in [2.24, 2.45) is 5.73 Å². The highest BCUT2D eigenvalue weighted by molar-refractivity contribution is 7.07. The van der Waals surface area contributed by atoms with Crippen LogP contribution >= 0.6 is 11.3 Å². The Morgan fingerprint density at radius 1 is 1.24 bits per heavy atom. The zero-order valence-electron chi connectivity index (χ0n) is 10.3. The molecule has 1 aromatic carbocycles. The Kier molecular flexibility index (Phi) is 3.82. The van der Waals surface area contributed by atoms with E-state index >= 15 is 0 Å². The lowest BCUT2D eigenvalue weighted by Gasteiger charge is -2.21. The molecule has 2 nitrogen and oxygen atoms in total. The summed E-state index contributed by atoms with van der Waals surface area (Å²) in [6, 6.07) is 8.60. The van der Waals surface area contributed by atoms with Crippen LogP contribution in [0, 0.1) is 6.92 Å². The van der Waals surface area contributed by atoms with E-state index in [0.717, 1.165) is 6.54 Å². The smallest absolute Gasteiger partial charge is 0.0434 e. The number of hydrogen-bond donors (Lipinski definition) is 1. The second kappa shape index (κ2) is 5.34. The molecule has 0 aliphatic carbocycles. The van der Waals surface area contributed by atoms with Crippen LogP contribution in [-0.2, 0) is 13.1 Å². The number of thiophene rings is 1. The summed E-state index contributed by atoms with van der Waals surface area (Å²) in [5.74, 6) is 0. The van der Waals surface area contributed by atoms with Gasteiger partial charge in [-0.1, -0.05) is 12.1 Å². The fraction of sp³-hybridized carbons (Fsp3) is 0.286. The molecule has 2 N–H and O–H groups in total. The van der Waals surface area contributed by atoms with E-state index in [2.05, 4.69) is 53.9 Å². The molecule has 2 rings (SSSR count). The predicted molar refractivity (Wildman–Crippen MR) is 75.5 cm³/mol. The van der Waals surface area contributed by atoms with Gasteiger partial charge < -0.3 is 10.6 Å². The summed E-state index contributed by atoms with van der Waals surface area (Å²) < 4.78 is 0. The highest BCUT2D eigenvalue weighted by atomic mass is 32.1. The Labute approximate surface area is 107 Å². The first-order valence-corrected chi connectivity index (χ1v) is 6.67. The molecule has 0 aliphatic rings. The van der Waals surface area contributed by atoms with Gasteiger partial charge in [-0.15, -0.1) is 0 Å². The van der Waals surface area contributed by atoms with Crippen molar-refractivity contribution in [2.75, 3.05) is 11.9 Å². The molecule has 90 valence electrons. The molecule has 0 spiro atoms. The molecule has 17 heavy (non-hydrogen) atoms. The third-order valence-corrected chi connectivity index (χ3v) is 3.64. The minimum atomic E-state index is 0.607. The first kappa shape index (κ1) is 12.1. The van der Waals surface area contributed by atoms with Crippen LogP contribution in [0.25, 0.3) is 0 Å². The maximum atomic E-state index is 5.64. The predicted octanol–water partition coefficient (Wildman–Crippen LogP) is 3.15. The average molecular weight is 246 g/mol. The lowest BCUT2D eigenvalue weighted by Crippen LogP contribution is -2.17. The van der Waals surface area contributed by atoms with Crippen molar-refractivity contribution in [1.82, 2.24) is 0 Å². The number of rotatable bonds is 4. The van der Waals surface area contributed by atoms with Crippen molar-refractivity contribution in [2.45, 2.75) is 20.0 Å². The molecule has 1 aromatic heterocycles. The largest absolute Gasteiger partial charge is 0.370 e. The number of nitrogens with two attached hydrogens (primary N) is 1. The maximum absolute atomic E-state index is 5.64. The topological polar surface area (TPSA) is 29.3 Å². The first-order chi connectivity index (χ1) is 8.20. The van der Waals surface area contributed by atoms with Gasteiger partial charge in [-0.25, -0.2) is 0 Å². The Hall–Kier alpha value is -1.32. The number of benzene rings is 1. The molecular formula is C14H18N2S. The van der Waals surface area contributed by atoms with Crippen molar-refractivity contribution in [3.8, 4) is 0 Å². The quantitative estimate of drug-likeness (QED) is 0.898. The molecule has 0 saturated carbocycles. The van der Waals surface area contributed by atoms with E-state index in [9.17, 15) is 0 Å². The van der Waals surface area contributed by atoms with Crippen molar-refractivity contribution < 1.29 is 0 Å². The van der Waals surface area contributed by atoms with Gasteiger partial charge in [0.1, 0.15) is 0 Å². The van der Waals surface area contributed by atoms with E-state index in [1.165, 1.54) is 22.4 Å². The Morgan fingerprint density at radius 2 is 2.06 bits per heavy atom. The molecule has 0 radical (unpaired) electrons. The van der Waals surface area contributed by atoms with Gasteiger partial charge in [0.2, 0.25) is 0 Å². The number of hydrogen-bond acceptors (Lipinski definition) is 3. The Bertz CT molecular complexity index is 477. The zero-order valence-corrected chi connectivity index (χ0v) is 11.1. The fourth-order valence-electron chi connectivity index (χ4n) is 2.01. The summed E-state index contributed by atoms with van der Waals surface area (Å²) in [5, 5.41) is 4.31. The van der Waals surface area contributed by atoms with Gasteiger partial charge >= 0.3 is 0 Å². The number of aryl methyl sites for hydroxylation is 1. The molecule has 0 unspecified atom stereocenters. The summed E-state index contributed by atoms with van der Waals surface area (Å²) >= 11 is 1.74. The van der Waals surface area contributed by atoms with Crippen LogP contribution in [0.3, 0.4) is 0 Å². The number of nitrogens with zero attached hydrogens (tertiary/aromatic N) is 1. The first-order valence-electron chi connectivity index (χ1n) is 5.72. The molecule has 2 aromatic rings. The van der Waals surface area contributed by atoms with E-state index in [0.29, 0.717) is 6.54 Å². The van der Waals surface area contributed by atoms with Gasteiger partial charge in [0, 0.05) is 25.8 Å². The minimum absolute atomic E-state index is 0.607. The number of anilines is 1. The molecule has 0 fully saturated rings. The van der Waals surface area contributed by atoms with Crippen LogP contribution in [0.2, 0.25) is 0 Å². The Balaban J connectivity index is 2.16. The van der Waals surface area contributed by atoms with Crippen molar-refractivity contribution in [1.29, 1.82) is 0 Å². The van der Waals surface area contributed by atoms with Crippen molar-refractivity contribution in [3.63, 3.8) is 0 Å². The molecule has 1 heterocycles. The molecule has 0 aliphatic heterocycles. The van der Waals surface area contributed by atoms with Crippen LogP contribution in [-0.4, -0.2) is 7.05 Å². The third-order valence-electron chi connectivity index (χ3n) is 2.91. The SMILES string of the molecule is Cc1cc(CN)ccc1N(C)Cc1ccsc1. The van der Waals surface area contributed by atoms with Crippen LogP contribution in [0.4, 0.5) is 5.69 Å². The summed E-state index contributed by atoms with van der Waals surface area (Å²) in [5.41, 5.74) is 10.7. The summed E-state index contributed by atoms with van der Waals surface area (Å²) in [6.07, 6.45) is 0. The highest BCUT2D eigenvalue weighted by Crippen LogP contribution is 2.22. The standard InChI is InChI=1S/C14H18N2S/c1-11-7-12(8-15)3-4-14(11)16(2)9-13-5-6-17-10-13/h3-7,10H,8-9,15H2,1-2H3. The summed E-state index contributed by atoms with van der Waals surface area (Å²) in [7, 11) is 2.13. The molecule has 0 saturated heterocycles. The van der Waals surface area contributed by atoms with Crippen LogP contribution in [0.1, 0.15) is 16.7 Å². The Morgan fingerprint density at radius 3 is 2.65 bits per heavy atom. The van der Waals surface area contributed by atoms with Gasteiger partial charge in [0.15, 0.2) is 0 Å². The molecule has 0 bridgehead atoms. The lowest BCUT2D eigenvalue weighted by molar-refractivity contribution is 0.919. The van der Waals surface area contributed by atoms with Crippen LogP contribution in [0.5, 0.6) is 0 Å². The maximum Gasteiger partial charge on any atom is 0.0434 e. The zero-order chi connectivity index (χ0) is 12.3. The summed E-state index contributed by atoms with van der Waals surface area (Å²) in [6.45, 7) is 3.69.